The Kier molecular flexibility index (Phi) is 8.12. The van der Waals surface area contributed by atoms with Crippen molar-refractivity contribution >= 4 is 11.9 Å². The Bertz CT molecular complexity index is 830. The Morgan fingerprint density at radius 1 is 1.03 bits per heavy atom. The van der Waals surface area contributed by atoms with Crippen molar-refractivity contribution in [2.24, 2.45) is 4.99 Å². The Morgan fingerprint density at radius 2 is 1.77 bits per heavy atom. The average Bonchev–Trinajstić information content (AvgIpc) is 2.78. The van der Waals surface area contributed by atoms with Crippen LogP contribution in [-0.4, -0.2) is 49.0 Å². The number of benzene rings is 2. The van der Waals surface area contributed by atoms with Gasteiger partial charge in [0.15, 0.2) is 5.96 Å². The van der Waals surface area contributed by atoms with Gasteiger partial charge in [-0.15, -0.1) is 0 Å². The van der Waals surface area contributed by atoms with Crippen LogP contribution in [0.15, 0.2) is 59.6 Å². The van der Waals surface area contributed by atoms with Crippen LogP contribution in [0.25, 0.3) is 0 Å². The number of para-hydroxylation sites is 1. The summed E-state index contributed by atoms with van der Waals surface area (Å²) in [7, 11) is 0. The molecule has 6 heteroatoms. The molecular formula is C24H32N4O2. The predicted molar refractivity (Wildman–Crippen MR) is 121 cm³/mol. The maximum absolute atomic E-state index is 12.1. The van der Waals surface area contributed by atoms with Gasteiger partial charge < -0.3 is 20.3 Å². The van der Waals surface area contributed by atoms with Crippen LogP contribution in [0.2, 0.25) is 0 Å². The zero-order chi connectivity index (χ0) is 21.2. The third-order valence-electron chi connectivity index (χ3n) is 5.06. The van der Waals surface area contributed by atoms with Crippen molar-refractivity contribution in [2.75, 3.05) is 26.2 Å². The van der Waals surface area contributed by atoms with E-state index in [-0.39, 0.29) is 12.0 Å². The largest absolute Gasteiger partial charge is 0.490 e. The molecule has 30 heavy (non-hydrogen) atoms. The molecule has 1 amide bonds. The van der Waals surface area contributed by atoms with Crippen LogP contribution in [0, 0.1) is 0 Å². The molecule has 0 unspecified atom stereocenters. The van der Waals surface area contributed by atoms with Gasteiger partial charge in [0.25, 0.3) is 5.91 Å². The Hall–Kier alpha value is -3.02. The number of nitrogens with zero attached hydrogens (tertiary/aromatic N) is 2. The van der Waals surface area contributed by atoms with Crippen LogP contribution in [0.1, 0.15) is 42.6 Å². The van der Waals surface area contributed by atoms with Gasteiger partial charge in [-0.1, -0.05) is 30.3 Å². The Morgan fingerprint density at radius 3 is 2.47 bits per heavy atom. The number of guanidine groups is 1. The highest BCUT2D eigenvalue weighted by atomic mass is 16.5. The quantitative estimate of drug-likeness (QED) is 0.544. The van der Waals surface area contributed by atoms with E-state index in [0.29, 0.717) is 18.7 Å². The predicted octanol–water partition coefficient (Wildman–Crippen LogP) is 3.45. The van der Waals surface area contributed by atoms with Gasteiger partial charge in [-0.2, -0.15) is 0 Å². The Balaban J connectivity index is 1.58. The molecule has 1 heterocycles. The van der Waals surface area contributed by atoms with Crippen molar-refractivity contribution in [2.45, 2.75) is 39.3 Å². The molecule has 1 saturated heterocycles. The summed E-state index contributed by atoms with van der Waals surface area (Å²) in [5.74, 6) is 1.80. The van der Waals surface area contributed by atoms with E-state index in [0.717, 1.165) is 49.7 Å². The SMILES string of the molecule is CCNC(=O)c1cccc(CN=C(NCC)N2CCC(Oc3ccccc3)CC2)c1. The van der Waals surface area contributed by atoms with Gasteiger partial charge in [0.1, 0.15) is 11.9 Å². The number of hydrogen-bond acceptors (Lipinski definition) is 3. The molecule has 0 atom stereocenters. The molecule has 1 aliphatic heterocycles. The topological polar surface area (TPSA) is 66.0 Å². The lowest BCUT2D eigenvalue weighted by atomic mass is 10.1. The minimum atomic E-state index is -0.0456. The van der Waals surface area contributed by atoms with E-state index in [4.69, 9.17) is 9.73 Å². The smallest absolute Gasteiger partial charge is 0.251 e. The van der Waals surface area contributed by atoms with E-state index in [1.54, 1.807) is 0 Å². The Labute approximate surface area is 179 Å². The van der Waals surface area contributed by atoms with E-state index in [1.807, 2.05) is 61.5 Å². The first kappa shape index (κ1) is 21.7. The summed E-state index contributed by atoms with van der Waals surface area (Å²) in [6, 6.07) is 17.7. The number of amides is 1. The molecule has 0 aromatic heterocycles. The number of rotatable bonds is 7. The van der Waals surface area contributed by atoms with Gasteiger partial charge in [0.2, 0.25) is 0 Å². The average molecular weight is 409 g/mol. The summed E-state index contributed by atoms with van der Waals surface area (Å²) in [4.78, 5) is 19.2. The summed E-state index contributed by atoms with van der Waals surface area (Å²) in [6.07, 6.45) is 2.16. The van der Waals surface area contributed by atoms with E-state index < -0.39 is 0 Å². The summed E-state index contributed by atoms with van der Waals surface area (Å²) in [5, 5.41) is 6.24. The fourth-order valence-electron chi connectivity index (χ4n) is 3.54. The summed E-state index contributed by atoms with van der Waals surface area (Å²) >= 11 is 0. The molecule has 160 valence electrons. The van der Waals surface area contributed by atoms with Crippen LogP contribution in [0.3, 0.4) is 0 Å². The number of piperidine rings is 1. The van der Waals surface area contributed by atoms with E-state index in [1.165, 1.54) is 0 Å². The first-order chi connectivity index (χ1) is 14.7. The number of aliphatic imine (C=N–C) groups is 1. The molecule has 0 saturated carbocycles. The molecule has 2 aromatic rings. The van der Waals surface area contributed by atoms with E-state index in [2.05, 4.69) is 22.5 Å². The van der Waals surface area contributed by atoms with Crippen LogP contribution < -0.4 is 15.4 Å². The summed E-state index contributed by atoms with van der Waals surface area (Å²) in [5.41, 5.74) is 1.70. The molecule has 0 spiro atoms. The van der Waals surface area contributed by atoms with Crippen molar-refractivity contribution < 1.29 is 9.53 Å². The summed E-state index contributed by atoms with van der Waals surface area (Å²) in [6.45, 7) is 7.79. The molecule has 1 aliphatic rings. The van der Waals surface area contributed by atoms with Gasteiger partial charge in [0.05, 0.1) is 6.54 Å². The van der Waals surface area contributed by atoms with E-state index >= 15 is 0 Å². The molecule has 0 bridgehead atoms. The number of likely N-dealkylation sites (tertiary alicyclic amines) is 1. The number of carbonyl (C=O) groups is 1. The van der Waals surface area contributed by atoms with Gasteiger partial charge >= 0.3 is 0 Å². The fraction of sp³-hybridized carbons (Fsp3) is 0.417. The van der Waals surface area contributed by atoms with Crippen LogP contribution in [0.4, 0.5) is 0 Å². The number of ether oxygens (including phenoxy) is 1. The molecule has 6 nitrogen and oxygen atoms in total. The van der Waals surface area contributed by atoms with Crippen LogP contribution in [0.5, 0.6) is 5.75 Å². The zero-order valence-corrected chi connectivity index (χ0v) is 17.9. The van der Waals surface area contributed by atoms with Crippen molar-refractivity contribution in [3.05, 3.63) is 65.7 Å². The second kappa shape index (κ2) is 11.2. The number of nitrogens with one attached hydrogen (secondary N) is 2. The zero-order valence-electron chi connectivity index (χ0n) is 17.9. The molecule has 2 N–H and O–H groups in total. The third kappa shape index (κ3) is 6.24. The molecular weight excluding hydrogens is 376 g/mol. The molecule has 0 aliphatic carbocycles. The third-order valence-corrected chi connectivity index (χ3v) is 5.06. The van der Waals surface area contributed by atoms with Crippen LogP contribution >= 0.6 is 0 Å². The molecule has 2 aromatic carbocycles. The van der Waals surface area contributed by atoms with Gasteiger partial charge in [-0.05, 0) is 43.7 Å². The highest BCUT2D eigenvalue weighted by molar-refractivity contribution is 5.94. The highest BCUT2D eigenvalue weighted by Gasteiger charge is 2.22. The molecule has 3 rings (SSSR count). The van der Waals surface area contributed by atoms with Gasteiger partial charge in [-0.25, -0.2) is 4.99 Å². The van der Waals surface area contributed by atoms with Crippen molar-refractivity contribution in [1.82, 2.24) is 15.5 Å². The second-order valence-corrected chi connectivity index (χ2v) is 7.35. The maximum atomic E-state index is 12.1. The number of carbonyl (C=O) groups excluding carboxylic acids is 1. The second-order valence-electron chi connectivity index (χ2n) is 7.35. The fourth-order valence-corrected chi connectivity index (χ4v) is 3.54. The van der Waals surface area contributed by atoms with Crippen molar-refractivity contribution in [3.8, 4) is 5.75 Å². The normalized spacial score (nSPS) is 15.0. The minimum absolute atomic E-state index is 0.0456. The van der Waals surface area contributed by atoms with Crippen molar-refractivity contribution in [3.63, 3.8) is 0 Å². The highest BCUT2D eigenvalue weighted by Crippen LogP contribution is 2.19. The van der Waals surface area contributed by atoms with Gasteiger partial charge in [0, 0.05) is 44.6 Å². The van der Waals surface area contributed by atoms with Gasteiger partial charge in [-0.3, -0.25) is 4.79 Å². The molecule has 0 radical (unpaired) electrons. The lowest BCUT2D eigenvalue weighted by molar-refractivity contribution is 0.0955. The lowest BCUT2D eigenvalue weighted by Crippen LogP contribution is -2.47. The monoisotopic (exact) mass is 408 g/mol. The van der Waals surface area contributed by atoms with Crippen molar-refractivity contribution in [1.29, 1.82) is 0 Å². The summed E-state index contributed by atoms with van der Waals surface area (Å²) < 4.78 is 6.10. The van der Waals surface area contributed by atoms with Crippen LogP contribution in [-0.2, 0) is 6.54 Å². The minimum Gasteiger partial charge on any atom is -0.490 e. The first-order valence-electron chi connectivity index (χ1n) is 10.8. The lowest BCUT2D eigenvalue weighted by Gasteiger charge is -2.34. The first-order valence-corrected chi connectivity index (χ1v) is 10.8. The standard InChI is InChI=1S/C24H32N4O2/c1-3-25-23(29)20-10-8-9-19(17-20)18-27-24(26-4-2)28-15-13-22(14-16-28)30-21-11-6-5-7-12-21/h5-12,17,22H,3-4,13-16,18H2,1-2H3,(H,25,29)(H,26,27). The number of hydrogen-bond donors (Lipinski definition) is 2. The van der Waals surface area contributed by atoms with E-state index in [9.17, 15) is 4.79 Å². The maximum Gasteiger partial charge on any atom is 0.251 e. The molecule has 1 fully saturated rings.